The molecule has 0 spiro atoms. The standard InChI is InChI=1S/C21H24O3/c1-3-4-5-6-7-10-15-14(2)13-17-16-11-8-9-12-18(16)24-21(23)19(17)20(15)22/h8-9,11-13,22H,3-7,10H2,1-2H3. The fourth-order valence-corrected chi connectivity index (χ4v) is 3.41. The van der Waals surface area contributed by atoms with Crippen molar-refractivity contribution in [2.24, 2.45) is 0 Å². The molecule has 0 unspecified atom stereocenters. The minimum absolute atomic E-state index is 0.0972. The molecule has 3 rings (SSSR count). The Morgan fingerprint density at radius 2 is 1.79 bits per heavy atom. The molecule has 0 aliphatic rings. The van der Waals surface area contributed by atoms with Crippen molar-refractivity contribution in [3.8, 4) is 5.75 Å². The molecule has 0 bridgehead atoms. The molecule has 3 nitrogen and oxygen atoms in total. The van der Waals surface area contributed by atoms with E-state index in [1.165, 1.54) is 19.3 Å². The first-order chi connectivity index (χ1) is 11.6. The second-order valence-electron chi connectivity index (χ2n) is 6.49. The Balaban J connectivity index is 2.05. The van der Waals surface area contributed by atoms with Gasteiger partial charge in [-0.1, -0.05) is 50.8 Å². The van der Waals surface area contributed by atoms with Crippen LogP contribution in [-0.2, 0) is 6.42 Å². The van der Waals surface area contributed by atoms with Gasteiger partial charge in [0.1, 0.15) is 16.7 Å². The van der Waals surface area contributed by atoms with Crippen LogP contribution < -0.4 is 5.63 Å². The van der Waals surface area contributed by atoms with Gasteiger partial charge in [-0.15, -0.1) is 0 Å². The van der Waals surface area contributed by atoms with Crippen LogP contribution in [0.1, 0.15) is 50.2 Å². The van der Waals surface area contributed by atoms with Crippen molar-refractivity contribution in [2.75, 3.05) is 0 Å². The minimum atomic E-state index is -0.464. The third-order valence-electron chi connectivity index (χ3n) is 4.74. The maximum Gasteiger partial charge on any atom is 0.347 e. The first-order valence-corrected chi connectivity index (χ1v) is 8.80. The molecule has 1 N–H and O–H groups in total. The van der Waals surface area contributed by atoms with E-state index in [1.54, 1.807) is 6.07 Å². The van der Waals surface area contributed by atoms with Gasteiger partial charge in [0.15, 0.2) is 0 Å². The lowest BCUT2D eigenvalue weighted by Crippen LogP contribution is -2.03. The van der Waals surface area contributed by atoms with E-state index in [9.17, 15) is 9.90 Å². The highest BCUT2D eigenvalue weighted by molar-refractivity contribution is 6.07. The van der Waals surface area contributed by atoms with Crippen molar-refractivity contribution in [3.63, 3.8) is 0 Å². The van der Waals surface area contributed by atoms with Gasteiger partial charge in [0.05, 0.1) is 0 Å². The van der Waals surface area contributed by atoms with Crippen LogP contribution in [0.5, 0.6) is 5.75 Å². The Morgan fingerprint density at radius 1 is 1.04 bits per heavy atom. The number of aryl methyl sites for hydroxylation is 1. The fourth-order valence-electron chi connectivity index (χ4n) is 3.41. The molecular formula is C21H24O3. The lowest BCUT2D eigenvalue weighted by Gasteiger charge is -2.12. The molecule has 0 saturated carbocycles. The third-order valence-corrected chi connectivity index (χ3v) is 4.74. The summed E-state index contributed by atoms with van der Waals surface area (Å²) in [4.78, 5) is 12.4. The number of fused-ring (bicyclic) bond motifs is 3. The maximum atomic E-state index is 12.4. The van der Waals surface area contributed by atoms with Crippen LogP contribution in [0.15, 0.2) is 39.5 Å². The highest BCUT2D eigenvalue weighted by Gasteiger charge is 2.16. The predicted molar refractivity (Wildman–Crippen MR) is 98.9 cm³/mol. The molecule has 1 heterocycles. The number of para-hydroxylation sites is 1. The molecular weight excluding hydrogens is 300 g/mol. The number of rotatable bonds is 6. The van der Waals surface area contributed by atoms with Crippen LogP contribution in [0.3, 0.4) is 0 Å². The molecule has 2 aromatic carbocycles. The summed E-state index contributed by atoms with van der Waals surface area (Å²) in [5.74, 6) is 0.0972. The zero-order chi connectivity index (χ0) is 17.1. The largest absolute Gasteiger partial charge is 0.507 e. The van der Waals surface area contributed by atoms with Gasteiger partial charge in [-0.2, -0.15) is 0 Å². The van der Waals surface area contributed by atoms with Gasteiger partial charge in [-0.25, -0.2) is 4.79 Å². The van der Waals surface area contributed by atoms with Crippen molar-refractivity contribution in [1.82, 2.24) is 0 Å². The number of hydrogen-bond donors (Lipinski definition) is 1. The highest BCUT2D eigenvalue weighted by Crippen LogP contribution is 2.34. The lowest BCUT2D eigenvalue weighted by atomic mass is 9.95. The molecule has 0 aliphatic carbocycles. The molecule has 0 atom stereocenters. The molecule has 126 valence electrons. The summed E-state index contributed by atoms with van der Waals surface area (Å²) < 4.78 is 5.39. The average molecular weight is 324 g/mol. The van der Waals surface area contributed by atoms with Gasteiger partial charge in [0.2, 0.25) is 0 Å². The topological polar surface area (TPSA) is 50.4 Å². The van der Waals surface area contributed by atoms with Crippen molar-refractivity contribution in [2.45, 2.75) is 52.4 Å². The van der Waals surface area contributed by atoms with E-state index < -0.39 is 5.63 Å². The monoisotopic (exact) mass is 324 g/mol. The Labute approximate surface area is 141 Å². The Bertz CT molecular complexity index is 922. The van der Waals surface area contributed by atoms with Crippen LogP contribution in [-0.4, -0.2) is 5.11 Å². The Hall–Kier alpha value is -2.29. The number of phenolic OH excluding ortho intramolecular Hbond substituents is 1. The summed E-state index contributed by atoms with van der Waals surface area (Å²) in [5.41, 5.74) is 2.00. The van der Waals surface area contributed by atoms with Crippen LogP contribution in [0.25, 0.3) is 21.7 Å². The van der Waals surface area contributed by atoms with E-state index in [0.29, 0.717) is 11.0 Å². The normalized spacial score (nSPS) is 11.4. The number of phenols is 1. The van der Waals surface area contributed by atoms with Gasteiger partial charge >= 0.3 is 5.63 Å². The van der Waals surface area contributed by atoms with Crippen LogP contribution in [0, 0.1) is 6.92 Å². The molecule has 0 aliphatic heterocycles. The van der Waals surface area contributed by atoms with Crippen LogP contribution in [0.2, 0.25) is 0 Å². The van der Waals surface area contributed by atoms with Crippen molar-refractivity contribution < 1.29 is 9.52 Å². The van der Waals surface area contributed by atoms with Gasteiger partial charge < -0.3 is 9.52 Å². The number of aromatic hydroxyl groups is 1. The molecule has 3 heteroatoms. The first kappa shape index (κ1) is 16.6. The van der Waals surface area contributed by atoms with Crippen LogP contribution >= 0.6 is 0 Å². The zero-order valence-corrected chi connectivity index (χ0v) is 14.4. The number of unbranched alkanes of at least 4 members (excludes halogenated alkanes) is 4. The molecule has 0 saturated heterocycles. The van der Waals surface area contributed by atoms with E-state index in [1.807, 2.05) is 31.2 Å². The first-order valence-electron chi connectivity index (χ1n) is 8.80. The zero-order valence-electron chi connectivity index (χ0n) is 14.4. The summed E-state index contributed by atoms with van der Waals surface area (Å²) >= 11 is 0. The van der Waals surface area contributed by atoms with Gasteiger partial charge in [0.25, 0.3) is 0 Å². The van der Waals surface area contributed by atoms with E-state index >= 15 is 0 Å². The van der Waals surface area contributed by atoms with E-state index in [-0.39, 0.29) is 5.75 Å². The minimum Gasteiger partial charge on any atom is -0.507 e. The summed E-state index contributed by atoms with van der Waals surface area (Å²) in [5, 5.41) is 12.7. The second kappa shape index (κ2) is 7.08. The smallest absolute Gasteiger partial charge is 0.347 e. The molecule has 3 aromatic rings. The fraction of sp³-hybridized carbons (Fsp3) is 0.381. The van der Waals surface area contributed by atoms with E-state index in [4.69, 9.17) is 4.42 Å². The van der Waals surface area contributed by atoms with Crippen molar-refractivity contribution in [1.29, 1.82) is 0 Å². The number of benzene rings is 2. The Kier molecular flexibility index (Phi) is 4.89. The summed E-state index contributed by atoms with van der Waals surface area (Å²) in [6.07, 6.45) is 6.66. The van der Waals surface area contributed by atoms with Crippen molar-refractivity contribution >= 4 is 21.7 Å². The molecule has 0 fully saturated rings. The second-order valence-corrected chi connectivity index (χ2v) is 6.49. The highest BCUT2D eigenvalue weighted by atomic mass is 16.4. The van der Waals surface area contributed by atoms with Crippen molar-refractivity contribution in [3.05, 3.63) is 51.9 Å². The summed E-state index contributed by atoms with van der Waals surface area (Å²) in [7, 11) is 0. The SMILES string of the molecule is CCCCCCCc1c(C)cc2c(c1O)c(=O)oc1ccccc12. The van der Waals surface area contributed by atoms with Crippen LogP contribution in [0.4, 0.5) is 0 Å². The van der Waals surface area contributed by atoms with Gasteiger partial charge in [-0.3, -0.25) is 0 Å². The maximum absolute atomic E-state index is 12.4. The van der Waals surface area contributed by atoms with E-state index in [2.05, 4.69) is 6.92 Å². The summed E-state index contributed by atoms with van der Waals surface area (Å²) in [6.45, 7) is 4.20. The number of hydrogen-bond acceptors (Lipinski definition) is 3. The molecule has 0 radical (unpaired) electrons. The molecule has 1 aromatic heterocycles. The average Bonchev–Trinajstić information content (AvgIpc) is 2.57. The molecule has 24 heavy (non-hydrogen) atoms. The lowest BCUT2D eigenvalue weighted by molar-refractivity contribution is 0.468. The molecule has 0 amide bonds. The third kappa shape index (κ3) is 3.03. The van der Waals surface area contributed by atoms with E-state index in [0.717, 1.165) is 41.2 Å². The Morgan fingerprint density at radius 3 is 2.58 bits per heavy atom. The predicted octanol–water partition coefficient (Wildman–Crippen LogP) is 5.47. The van der Waals surface area contributed by atoms with Gasteiger partial charge in [-0.05, 0) is 43.0 Å². The quantitative estimate of drug-likeness (QED) is 0.371. The van der Waals surface area contributed by atoms with Gasteiger partial charge in [0, 0.05) is 10.8 Å². The summed E-state index contributed by atoms with van der Waals surface area (Å²) in [6, 6.07) is 9.47.